The van der Waals surface area contributed by atoms with Crippen molar-refractivity contribution in [2.24, 2.45) is 0 Å². The quantitative estimate of drug-likeness (QED) is 0.359. The van der Waals surface area contributed by atoms with Gasteiger partial charge in [0.2, 0.25) is 0 Å². The van der Waals surface area contributed by atoms with Gasteiger partial charge < -0.3 is 0 Å². The van der Waals surface area contributed by atoms with E-state index in [9.17, 15) is 0 Å². The van der Waals surface area contributed by atoms with Crippen molar-refractivity contribution in [3.63, 3.8) is 0 Å². The summed E-state index contributed by atoms with van der Waals surface area (Å²) in [4.78, 5) is 0. The van der Waals surface area contributed by atoms with Crippen LogP contribution in [-0.4, -0.2) is 40.4 Å². The molecule has 23 valence electrons. The van der Waals surface area contributed by atoms with E-state index in [-0.39, 0.29) is 76.0 Å². The summed E-state index contributed by atoms with van der Waals surface area (Å²) in [6, 6.07) is 0. The Morgan fingerprint density at radius 1 is 1.00 bits per heavy atom. The van der Waals surface area contributed by atoms with Crippen LogP contribution in [0.15, 0.2) is 0 Å². The van der Waals surface area contributed by atoms with Crippen molar-refractivity contribution in [1.29, 1.82) is 0 Å². The molecule has 0 atom stereocenters. The summed E-state index contributed by atoms with van der Waals surface area (Å²) in [5.41, 5.74) is 0. The summed E-state index contributed by atoms with van der Waals surface area (Å²) in [5, 5.41) is 0. The Morgan fingerprint density at radius 3 is 1.00 bits per heavy atom. The van der Waals surface area contributed by atoms with Crippen LogP contribution in [0.3, 0.4) is 0 Å². The second kappa shape index (κ2) is 18.1. The Kier molecular flexibility index (Phi) is 147. The van der Waals surface area contributed by atoms with Gasteiger partial charge in [0.05, 0.1) is 0 Å². The molecular formula is H5AlFeMgV. The molecule has 0 saturated heterocycles. The molecule has 0 nitrogen and oxygen atoms in total. The topological polar surface area (TPSA) is 0 Å². The summed E-state index contributed by atoms with van der Waals surface area (Å²) in [5.74, 6) is 0. The van der Waals surface area contributed by atoms with Gasteiger partial charge in [-0.2, -0.15) is 0 Å². The fourth-order valence-electron chi connectivity index (χ4n) is 0. The van der Waals surface area contributed by atoms with E-state index in [0.717, 1.165) is 0 Å². The normalized spacial score (nSPS) is 0. The van der Waals surface area contributed by atoms with E-state index in [1.165, 1.54) is 0 Å². The number of rotatable bonds is 0. The fraction of sp³-hybridized carbons (Fsp3) is 0. The molecule has 0 N–H and O–H groups in total. The van der Waals surface area contributed by atoms with Crippen LogP contribution in [0, 0.1) is 0 Å². The van der Waals surface area contributed by atoms with E-state index in [1.807, 2.05) is 0 Å². The first-order valence-corrected chi connectivity index (χ1v) is 0. The van der Waals surface area contributed by atoms with Crippen LogP contribution in [0.1, 0.15) is 0 Å². The summed E-state index contributed by atoms with van der Waals surface area (Å²) >= 11 is 0. The first-order valence-electron chi connectivity index (χ1n) is 0. The van der Waals surface area contributed by atoms with Crippen molar-refractivity contribution < 1.29 is 35.6 Å². The molecule has 0 aliphatic heterocycles. The zero-order valence-corrected chi connectivity index (χ0v) is 3.30. The molecule has 0 bridgehead atoms. The van der Waals surface area contributed by atoms with Gasteiger partial charge in [0.25, 0.3) is 0 Å². The van der Waals surface area contributed by atoms with Gasteiger partial charge in [-0.1, -0.05) is 0 Å². The van der Waals surface area contributed by atoms with Crippen LogP contribution in [-0.2, 0) is 35.6 Å². The Bertz CT molecular complexity index is 8.00. The minimum Gasteiger partial charge on any atom is 0 e. The molecule has 0 unspecified atom stereocenters. The molecule has 0 amide bonds. The van der Waals surface area contributed by atoms with Gasteiger partial charge in [0.1, 0.15) is 0 Å². The molecule has 0 heterocycles. The Balaban J connectivity index is 0. The molecule has 0 aliphatic carbocycles. The molecule has 4 heteroatoms. The van der Waals surface area contributed by atoms with Gasteiger partial charge in [0, 0.05) is 35.6 Å². The maximum absolute atomic E-state index is 0. The van der Waals surface area contributed by atoms with E-state index >= 15 is 0 Å². The average molecular weight is 163 g/mol. The summed E-state index contributed by atoms with van der Waals surface area (Å²) in [6.07, 6.45) is 0. The summed E-state index contributed by atoms with van der Waals surface area (Å²) in [6.45, 7) is 0. The van der Waals surface area contributed by atoms with Crippen LogP contribution < -0.4 is 0 Å². The van der Waals surface area contributed by atoms with E-state index in [2.05, 4.69) is 0 Å². The largest absolute Gasteiger partial charge is 0.316 e. The third kappa shape index (κ3) is 8.83. The molecule has 0 spiro atoms. The molecule has 4 heavy (non-hydrogen) atoms. The van der Waals surface area contributed by atoms with E-state index in [0.29, 0.717) is 0 Å². The summed E-state index contributed by atoms with van der Waals surface area (Å²) in [7, 11) is 0. The van der Waals surface area contributed by atoms with Gasteiger partial charge in [-0.05, 0) is 0 Å². The maximum atomic E-state index is 0. The van der Waals surface area contributed by atoms with Gasteiger partial charge >= 0.3 is 23.1 Å². The Labute approximate surface area is 75.1 Å². The third-order valence-electron chi connectivity index (χ3n) is 0. The monoisotopic (exact) mass is 163 g/mol. The minimum absolute atomic E-state index is 0. The molecule has 0 aliphatic rings. The molecular weight excluding hydrogens is 158 g/mol. The first-order chi connectivity index (χ1) is 0. The second-order valence-corrected chi connectivity index (χ2v) is 0. The van der Waals surface area contributed by atoms with Crippen LogP contribution in [0.25, 0.3) is 0 Å². The average Bonchev–Trinajstić information content (AvgIpc) is 0. The van der Waals surface area contributed by atoms with Crippen LogP contribution >= 0.6 is 0 Å². The first kappa shape index (κ1) is 32.4. The van der Waals surface area contributed by atoms with Crippen molar-refractivity contribution in [1.82, 2.24) is 0 Å². The second-order valence-electron chi connectivity index (χ2n) is 0. The summed E-state index contributed by atoms with van der Waals surface area (Å²) < 4.78 is 0. The molecule has 0 rings (SSSR count). The molecule has 0 fully saturated rings. The number of hydrogen-bond donors (Lipinski definition) is 0. The molecule has 1 radical (unpaired) electrons. The van der Waals surface area contributed by atoms with Crippen LogP contribution in [0.4, 0.5) is 0 Å². The molecule has 0 aromatic heterocycles. The zero-order valence-electron chi connectivity index (χ0n) is 0.801. The zero-order chi connectivity index (χ0) is 0. The van der Waals surface area contributed by atoms with E-state index < -0.39 is 0 Å². The fourth-order valence-corrected chi connectivity index (χ4v) is 0. The predicted octanol–water partition coefficient (Wildman–Crippen LogP) is -2.11. The van der Waals surface area contributed by atoms with E-state index in [4.69, 9.17) is 0 Å². The van der Waals surface area contributed by atoms with Crippen LogP contribution in [0.5, 0.6) is 0 Å². The van der Waals surface area contributed by atoms with Crippen molar-refractivity contribution in [3.05, 3.63) is 0 Å². The van der Waals surface area contributed by atoms with Gasteiger partial charge in [-0.25, -0.2) is 0 Å². The SMILES string of the molecule is [AlH3].[Fe].[MgH2].[V]. The number of hydrogen-bond acceptors (Lipinski definition) is 0. The Hall–Kier alpha value is 2.40. The van der Waals surface area contributed by atoms with E-state index in [1.54, 1.807) is 0 Å². The van der Waals surface area contributed by atoms with Crippen molar-refractivity contribution in [2.75, 3.05) is 0 Å². The molecule has 0 aromatic carbocycles. The van der Waals surface area contributed by atoms with Crippen molar-refractivity contribution in [3.8, 4) is 0 Å². The van der Waals surface area contributed by atoms with Gasteiger partial charge in [-0.15, -0.1) is 0 Å². The maximum Gasteiger partial charge on any atom is 0.316 e. The smallest absolute Gasteiger partial charge is 0 e. The Morgan fingerprint density at radius 2 is 1.00 bits per heavy atom. The van der Waals surface area contributed by atoms with Crippen molar-refractivity contribution >= 4 is 40.4 Å². The molecule has 0 saturated carbocycles. The molecule has 0 aromatic rings. The van der Waals surface area contributed by atoms with Gasteiger partial charge in [0.15, 0.2) is 17.4 Å². The van der Waals surface area contributed by atoms with Gasteiger partial charge in [-0.3, -0.25) is 0 Å². The van der Waals surface area contributed by atoms with Crippen molar-refractivity contribution in [2.45, 2.75) is 0 Å². The third-order valence-corrected chi connectivity index (χ3v) is 0. The minimum atomic E-state index is 0. The van der Waals surface area contributed by atoms with Crippen LogP contribution in [0.2, 0.25) is 0 Å². The standard InChI is InChI=1S/Al.Fe.Mg.V.5H. The predicted molar refractivity (Wildman–Crippen MR) is 18.5 cm³/mol.